The standard InChI is InChI=1S/C25H24ClN5O3/c1-2-33-12-13-34-19-8-9-21(26)20(16-19)18-10-11-27-22(15-18)29-25(32)24-28-23(30-31-24)14-17-6-4-3-5-7-17/h3-11,15-16H,2,12-14H2,1H3,(H,27,29,32)(H,28,30,31). The predicted octanol–water partition coefficient (Wildman–Crippen LogP) is 4.78. The number of amides is 1. The number of carbonyl (C=O) groups is 1. The molecule has 34 heavy (non-hydrogen) atoms. The number of nitrogens with zero attached hydrogens (tertiary/aromatic N) is 3. The average Bonchev–Trinajstić information content (AvgIpc) is 3.32. The second-order valence-electron chi connectivity index (χ2n) is 7.35. The van der Waals surface area contributed by atoms with Gasteiger partial charge in [-0.15, -0.1) is 10.2 Å². The Bertz CT molecular complexity index is 1250. The van der Waals surface area contributed by atoms with Crippen LogP contribution in [-0.4, -0.2) is 45.9 Å². The Kier molecular flexibility index (Phi) is 7.85. The van der Waals surface area contributed by atoms with Crippen LogP contribution in [0.4, 0.5) is 5.82 Å². The van der Waals surface area contributed by atoms with Crippen molar-refractivity contribution in [2.45, 2.75) is 13.3 Å². The van der Waals surface area contributed by atoms with Crippen LogP contribution >= 0.6 is 11.6 Å². The maximum Gasteiger partial charge on any atom is 0.294 e. The highest BCUT2D eigenvalue weighted by Gasteiger charge is 2.14. The van der Waals surface area contributed by atoms with Crippen LogP contribution in [0.15, 0.2) is 66.9 Å². The molecule has 174 valence electrons. The summed E-state index contributed by atoms with van der Waals surface area (Å²) < 4.78 is 11.0. The van der Waals surface area contributed by atoms with Crippen LogP contribution in [0.1, 0.15) is 28.9 Å². The molecule has 0 aliphatic heterocycles. The summed E-state index contributed by atoms with van der Waals surface area (Å²) in [7, 11) is 0. The number of halogens is 1. The third kappa shape index (κ3) is 6.18. The van der Waals surface area contributed by atoms with Crippen LogP contribution in [-0.2, 0) is 11.2 Å². The summed E-state index contributed by atoms with van der Waals surface area (Å²) in [6.45, 7) is 3.53. The van der Waals surface area contributed by atoms with Crippen LogP contribution in [0.2, 0.25) is 5.02 Å². The minimum Gasteiger partial charge on any atom is -0.491 e. The highest BCUT2D eigenvalue weighted by Crippen LogP contribution is 2.32. The molecule has 0 atom stereocenters. The second-order valence-corrected chi connectivity index (χ2v) is 7.76. The molecule has 0 aliphatic carbocycles. The molecule has 0 aliphatic rings. The minimum atomic E-state index is -0.435. The Morgan fingerprint density at radius 2 is 1.91 bits per heavy atom. The number of pyridine rings is 1. The van der Waals surface area contributed by atoms with E-state index in [1.54, 1.807) is 24.4 Å². The number of anilines is 1. The van der Waals surface area contributed by atoms with E-state index in [-0.39, 0.29) is 5.82 Å². The van der Waals surface area contributed by atoms with Crippen molar-refractivity contribution in [1.82, 2.24) is 20.2 Å². The number of aromatic amines is 1. The van der Waals surface area contributed by atoms with Gasteiger partial charge in [-0.2, -0.15) is 0 Å². The topological polar surface area (TPSA) is 102 Å². The molecule has 0 unspecified atom stereocenters. The summed E-state index contributed by atoms with van der Waals surface area (Å²) in [6.07, 6.45) is 2.15. The van der Waals surface area contributed by atoms with Crippen molar-refractivity contribution < 1.29 is 14.3 Å². The molecule has 2 aromatic carbocycles. The molecule has 0 spiro atoms. The molecule has 0 saturated carbocycles. The lowest BCUT2D eigenvalue weighted by molar-refractivity contribution is 0.101. The van der Waals surface area contributed by atoms with Crippen molar-refractivity contribution in [2.75, 3.05) is 25.1 Å². The SMILES string of the molecule is CCOCCOc1ccc(Cl)c(-c2ccnc(NC(=O)c3nnc(Cc4ccccc4)[nH]3)c2)c1. The molecule has 2 aromatic heterocycles. The normalized spacial score (nSPS) is 10.8. The molecule has 1 amide bonds. The molecule has 4 rings (SSSR count). The smallest absolute Gasteiger partial charge is 0.294 e. The van der Waals surface area contributed by atoms with E-state index in [9.17, 15) is 4.79 Å². The zero-order chi connectivity index (χ0) is 23.8. The Hall–Kier alpha value is -3.75. The maximum atomic E-state index is 12.7. The second kappa shape index (κ2) is 11.4. The third-order valence-electron chi connectivity index (χ3n) is 4.91. The van der Waals surface area contributed by atoms with Gasteiger partial charge in [0.2, 0.25) is 5.82 Å². The van der Waals surface area contributed by atoms with Crippen molar-refractivity contribution in [1.29, 1.82) is 0 Å². The Morgan fingerprint density at radius 1 is 1.06 bits per heavy atom. The number of carbonyl (C=O) groups excluding carboxylic acids is 1. The van der Waals surface area contributed by atoms with Gasteiger partial charge in [0.25, 0.3) is 5.91 Å². The summed E-state index contributed by atoms with van der Waals surface area (Å²) >= 11 is 6.43. The Morgan fingerprint density at radius 3 is 2.74 bits per heavy atom. The first kappa shape index (κ1) is 23.4. The van der Waals surface area contributed by atoms with Crippen LogP contribution < -0.4 is 10.1 Å². The fraction of sp³-hybridized carbons (Fsp3) is 0.200. The molecular weight excluding hydrogens is 454 g/mol. The van der Waals surface area contributed by atoms with Gasteiger partial charge < -0.3 is 19.8 Å². The van der Waals surface area contributed by atoms with Gasteiger partial charge in [0.15, 0.2) is 0 Å². The van der Waals surface area contributed by atoms with E-state index < -0.39 is 5.91 Å². The fourth-order valence-corrected chi connectivity index (χ4v) is 3.51. The van der Waals surface area contributed by atoms with Crippen molar-refractivity contribution >= 4 is 23.3 Å². The largest absolute Gasteiger partial charge is 0.491 e. The number of aromatic nitrogens is 4. The number of rotatable bonds is 10. The highest BCUT2D eigenvalue weighted by molar-refractivity contribution is 6.33. The van der Waals surface area contributed by atoms with Gasteiger partial charge in [-0.05, 0) is 48.4 Å². The quantitative estimate of drug-likeness (QED) is 0.319. The first-order valence-electron chi connectivity index (χ1n) is 10.9. The van der Waals surface area contributed by atoms with Gasteiger partial charge in [-0.3, -0.25) is 4.79 Å². The Balaban J connectivity index is 1.44. The predicted molar refractivity (Wildman–Crippen MR) is 130 cm³/mol. The van der Waals surface area contributed by atoms with Crippen molar-refractivity contribution in [3.05, 3.63) is 89.1 Å². The van der Waals surface area contributed by atoms with Crippen LogP contribution in [0.25, 0.3) is 11.1 Å². The first-order valence-corrected chi connectivity index (χ1v) is 11.2. The van der Waals surface area contributed by atoms with Crippen molar-refractivity contribution in [3.8, 4) is 16.9 Å². The molecule has 2 heterocycles. The van der Waals surface area contributed by atoms with E-state index >= 15 is 0 Å². The summed E-state index contributed by atoms with van der Waals surface area (Å²) in [5, 5.41) is 11.3. The minimum absolute atomic E-state index is 0.112. The molecule has 2 N–H and O–H groups in total. The fourth-order valence-electron chi connectivity index (χ4n) is 3.29. The van der Waals surface area contributed by atoms with Gasteiger partial charge in [-0.1, -0.05) is 41.9 Å². The average molecular weight is 478 g/mol. The molecule has 0 saturated heterocycles. The molecule has 0 bridgehead atoms. The lowest BCUT2D eigenvalue weighted by atomic mass is 10.1. The molecule has 9 heteroatoms. The molecule has 0 fully saturated rings. The number of nitrogens with one attached hydrogen (secondary N) is 2. The summed E-state index contributed by atoms with van der Waals surface area (Å²) in [4.78, 5) is 19.9. The number of ether oxygens (including phenoxy) is 2. The van der Waals surface area contributed by atoms with E-state index in [2.05, 4.69) is 25.5 Å². The molecule has 4 aromatic rings. The molecule has 0 radical (unpaired) electrons. The van der Waals surface area contributed by atoms with Gasteiger partial charge in [0.1, 0.15) is 24.0 Å². The van der Waals surface area contributed by atoms with Crippen LogP contribution in [0.5, 0.6) is 5.75 Å². The summed E-state index contributed by atoms with van der Waals surface area (Å²) in [6, 6.07) is 18.8. The van der Waals surface area contributed by atoms with Gasteiger partial charge >= 0.3 is 0 Å². The lowest BCUT2D eigenvalue weighted by Gasteiger charge is -2.11. The van der Waals surface area contributed by atoms with E-state index in [1.807, 2.05) is 49.4 Å². The van der Waals surface area contributed by atoms with E-state index in [1.165, 1.54) is 0 Å². The molecular formula is C25H24ClN5O3. The van der Waals surface area contributed by atoms with Gasteiger partial charge in [-0.25, -0.2) is 4.98 Å². The monoisotopic (exact) mass is 477 g/mol. The number of H-pyrrole nitrogens is 1. The number of benzene rings is 2. The van der Waals surface area contributed by atoms with Crippen molar-refractivity contribution in [3.63, 3.8) is 0 Å². The van der Waals surface area contributed by atoms with E-state index in [4.69, 9.17) is 21.1 Å². The van der Waals surface area contributed by atoms with Crippen LogP contribution in [0.3, 0.4) is 0 Å². The molecule has 8 nitrogen and oxygen atoms in total. The zero-order valence-corrected chi connectivity index (χ0v) is 19.4. The van der Waals surface area contributed by atoms with Crippen molar-refractivity contribution in [2.24, 2.45) is 0 Å². The maximum absolute atomic E-state index is 12.7. The van der Waals surface area contributed by atoms with Gasteiger partial charge in [0, 0.05) is 29.8 Å². The first-order chi connectivity index (χ1) is 16.6. The van der Waals surface area contributed by atoms with Crippen LogP contribution in [0, 0.1) is 0 Å². The summed E-state index contributed by atoms with van der Waals surface area (Å²) in [5.74, 6) is 1.32. The zero-order valence-electron chi connectivity index (χ0n) is 18.6. The van der Waals surface area contributed by atoms with E-state index in [0.29, 0.717) is 48.7 Å². The summed E-state index contributed by atoms with van der Waals surface area (Å²) in [5.41, 5.74) is 2.62. The lowest BCUT2D eigenvalue weighted by Crippen LogP contribution is -2.14. The Labute approximate surface area is 202 Å². The van der Waals surface area contributed by atoms with Gasteiger partial charge in [0.05, 0.1) is 6.61 Å². The highest BCUT2D eigenvalue weighted by atomic mass is 35.5. The number of hydrogen-bond donors (Lipinski definition) is 2. The third-order valence-corrected chi connectivity index (χ3v) is 5.24. The van der Waals surface area contributed by atoms with E-state index in [0.717, 1.165) is 16.7 Å². The number of hydrogen-bond acceptors (Lipinski definition) is 6.